The van der Waals surface area contributed by atoms with E-state index in [1.807, 2.05) is 16.0 Å². The molecular weight excluding hydrogens is 316 g/mol. The summed E-state index contributed by atoms with van der Waals surface area (Å²) >= 11 is 1.30. The Bertz CT molecular complexity index is 896. The lowest BCUT2D eigenvalue weighted by atomic mass is 10.1. The molecule has 122 valence electrons. The highest BCUT2D eigenvalue weighted by Crippen LogP contribution is 2.29. The highest BCUT2D eigenvalue weighted by atomic mass is 32.1. The predicted octanol–water partition coefficient (Wildman–Crippen LogP) is 4.18. The summed E-state index contributed by atoms with van der Waals surface area (Å²) in [6, 6.07) is 16.9. The Balaban J connectivity index is 1.54. The second-order valence-electron chi connectivity index (χ2n) is 6.18. The summed E-state index contributed by atoms with van der Waals surface area (Å²) in [6.07, 6.45) is 3.03. The van der Waals surface area contributed by atoms with Gasteiger partial charge in [-0.05, 0) is 48.1 Å². The van der Waals surface area contributed by atoms with E-state index in [9.17, 15) is 4.79 Å². The maximum atomic E-state index is 12.3. The highest BCUT2D eigenvalue weighted by Gasteiger charge is 2.14. The smallest absolute Gasteiger partial charge is 0.307 e. The third-order valence-electron chi connectivity index (χ3n) is 4.58. The van der Waals surface area contributed by atoms with E-state index in [1.165, 1.54) is 28.2 Å². The molecule has 0 radical (unpaired) electrons. The van der Waals surface area contributed by atoms with E-state index in [0.717, 1.165) is 43.6 Å². The van der Waals surface area contributed by atoms with Gasteiger partial charge in [-0.25, -0.2) is 0 Å². The van der Waals surface area contributed by atoms with Crippen molar-refractivity contribution < 1.29 is 0 Å². The normalized spacial score (nSPS) is 12.8. The second kappa shape index (κ2) is 6.65. The third kappa shape index (κ3) is 3.02. The molecule has 0 unspecified atom stereocenters. The first-order valence-corrected chi connectivity index (χ1v) is 9.29. The Labute approximate surface area is 145 Å². The van der Waals surface area contributed by atoms with Crippen molar-refractivity contribution in [3.05, 3.63) is 74.7 Å². The second-order valence-corrected chi connectivity index (χ2v) is 7.00. The zero-order chi connectivity index (χ0) is 16.4. The summed E-state index contributed by atoms with van der Waals surface area (Å²) in [5, 5.41) is 5.38. The maximum Gasteiger partial charge on any atom is 0.307 e. The molecular formula is C20H20N2OS. The van der Waals surface area contributed by atoms with E-state index >= 15 is 0 Å². The fourth-order valence-electron chi connectivity index (χ4n) is 3.32. The standard InChI is InChI=1S/C20H20N2OS/c23-20-22(12-4-7-15-5-2-1-3-6-15)19(14-24-20)17-8-9-18-16(13-17)10-11-21-18/h1-3,5-6,8-9,13-14,21H,4,7,10-12H2. The number of hydrogen-bond donors (Lipinski definition) is 1. The van der Waals surface area contributed by atoms with Gasteiger partial charge in [0.2, 0.25) is 0 Å². The molecule has 0 atom stereocenters. The average Bonchev–Trinajstić information content (AvgIpc) is 3.22. The summed E-state index contributed by atoms with van der Waals surface area (Å²) in [4.78, 5) is 12.4. The van der Waals surface area contributed by atoms with E-state index in [0.29, 0.717) is 0 Å². The van der Waals surface area contributed by atoms with Crippen molar-refractivity contribution in [1.82, 2.24) is 4.57 Å². The predicted molar refractivity (Wildman–Crippen MR) is 101 cm³/mol. The number of nitrogens with zero attached hydrogens (tertiary/aromatic N) is 1. The molecule has 4 rings (SSSR count). The van der Waals surface area contributed by atoms with Crippen LogP contribution in [0.15, 0.2) is 58.7 Å². The number of aromatic nitrogens is 1. The minimum absolute atomic E-state index is 0.136. The maximum absolute atomic E-state index is 12.3. The number of anilines is 1. The van der Waals surface area contributed by atoms with Crippen LogP contribution >= 0.6 is 11.3 Å². The molecule has 0 aliphatic carbocycles. The summed E-state index contributed by atoms with van der Waals surface area (Å²) in [5.74, 6) is 0. The first kappa shape index (κ1) is 15.2. The molecule has 1 aromatic heterocycles. The number of thiazole rings is 1. The van der Waals surface area contributed by atoms with Crippen LogP contribution in [-0.4, -0.2) is 11.1 Å². The van der Waals surface area contributed by atoms with Crippen molar-refractivity contribution in [3.8, 4) is 11.3 Å². The molecule has 0 spiro atoms. The first-order chi connectivity index (χ1) is 11.8. The summed E-state index contributed by atoms with van der Waals surface area (Å²) < 4.78 is 1.93. The van der Waals surface area contributed by atoms with Crippen LogP contribution in [0.4, 0.5) is 5.69 Å². The molecule has 1 N–H and O–H groups in total. The zero-order valence-corrected chi connectivity index (χ0v) is 14.3. The van der Waals surface area contributed by atoms with Gasteiger partial charge in [-0.2, -0.15) is 0 Å². The zero-order valence-electron chi connectivity index (χ0n) is 13.5. The highest BCUT2D eigenvalue weighted by molar-refractivity contribution is 7.07. The molecule has 4 heteroatoms. The van der Waals surface area contributed by atoms with Gasteiger partial charge in [0, 0.05) is 24.2 Å². The molecule has 2 aromatic carbocycles. The van der Waals surface area contributed by atoms with E-state index in [-0.39, 0.29) is 4.87 Å². The quantitative estimate of drug-likeness (QED) is 0.758. The van der Waals surface area contributed by atoms with Gasteiger partial charge in [0.1, 0.15) is 0 Å². The Morgan fingerprint density at radius 1 is 1.12 bits per heavy atom. The third-order valence-corrected chi connectivity index (χ3v) is 5.35. The monoisotopic (exact) mass is 336 g/mol. The topological polar surface area (TPSA) is 34.0 Å². The minimum Gasteiger partial charge on any atom is -0.384 e. The Hall–Kier alpha value is -2.33. The average molecular weight is 336 g/mol. The largest absolute Gasteiger partial charge is 0.384 e. The number of hydrogen-bond acceptors (Lipinski definition) is 3. The lowest BCUT2D eigenvalue weighted by molar-refractivity contribution is 0.639. The minimum atomic E-state index is 0.136. The van der Waals surface area contributed by atoms with Crippen molar-refractivity contribution in [2.45, 2.75) is 25.8 Å². The Morgan fingerprint density at radius 3 is 2.88 bits per heavy atom. The molecule has 2 heterocycles. The van der Waals surface area contributed by atoms with Gasteiger partial charge >= 0.3 is 4.87 Å². The van der Waals surface area contributed by atoms with E-state index in [4.69, 9.17) is 0 Å². The molecule has 3 aromatic rings. The van der Waals surface area contributed by atoms with Crippen molar-refractivity contribution >= 4 is 17.0 Å². The van der Waals surface area contributed by atoms with Gasteiger partial charge in [0.25, 0.3) is 0 Å². The molecule has 0 saturated heterocycles. The van der Waals surface area contributed by atoms with Gasteiger partial charge in [-0.1, -0.05) is 47.7 Å². The molecule has 0 amide bonds. The van der Waals surface area contributed by atoms with Crippen molar-refractivity contribution in [2.24, 2.45) is 0 Å². The van der Waals surface area contributed by atoms with Crippen molar-refractivity contribution in [2.75, 3.05) is 11.9 Å². The Morgan fingerprint density at radius 2 is 2.00 bits per heavy atom. The van der Waals surface area contributed by atoms with Crippen molar-refractivity contribution in [3.63, 3.8) is 0 Å². The number of aryl methyl sites for hydroxylation is 1. The van der Waals surface area contributed by atoms with Crippen LogP contribution in [0.1, 0.15) is 17.5 Å². The number of benzene rings is 2. The van der Waals surface area contributed by atoms with Gasteiger partial charge in [-0.3, -0.25) is 9.36 Å². The van der Waals surface area contributed by atoms with Crippen LogP contribution in [0.5, 0.6) is 0 Å². The van der Waals surface area contributed by atoms with E-state index in [1.54, 1.807) is 0 Å². The van der Waals surface area contributed by atoms with Crippen LogP contribution in [0.25, 0.3) is 11.3 Å². The lowest BCUT2D eigenvalue weighted by Gasteiger charge is -2.09. The number of rotatable bonds is 5. The van der Waals surface area contributed by atoms with Crippen LogP contribution in [-0.2, 0) is 19.4 Å². The fourth-order valence-corrected chi connectivity index (χ4v) is 4.11. The van der Waals surface area contributed by atoms with Crippen LogP contribution in [0.2, 0.25) is 0 Å². The molecule has 3 nitrogen and oxygen atoms in total. The molecule has 0 fully saturated rings. The number of nitrogens with one attached hydrogen (secondary N) is 1. The van der Waals surface area contributed by atoms with Gasteiger partial charge in [0.15, 0.2) is 0 Å². The van der Waals surface area contributed by atoms with Gasteiger partial charge in [0.05, 0.1) is 5.69 Å². The first-order valence-electron chi connectivity index (χ1n) is 8.41. The summed E-state index contributed by atoms with van der Waals surface area (Å²) in [5.41, 5.74) is 6.10. The number of fused-ring (bicyclic) bond motifs is 1. The van der Waals surface area contributed by atoms with E-state index < -0.39 is 0 Å². The Kier molecular flexibility index (Phi) is 4.22. The molecule has 0 saturated carbocycles. The van der Waals surface area contributed by atoms with Crippen LogP contribution < -0.4 is 10.2 Å². The summed E-state index contributed by atoms with van der Waals surface area (Å²) in [6.45, 7) is 1.77. The molecule has 0 bridgehead atoms. The fraction of sp³-hybridized carbons (Fsp3) is 0.250. The molecule has 24 heavy (non-hydrogen) atoms. The SMILES string of the molecule is O=c1scc(-c2ccc3c(c2)CCN3)n1CCCc1ccccc1. The van der Waals surface area contributed by atoms with Crippen LogP contribution in [0.3, 0.4) is 0 Å². The molecule has 1 aliphatic rings. The van der Waals surface area contributed by atoms with E-state index in [2.05, 4.69) is 47.8 Å². The van der Waals surface area contributed by atoms with Gasteiger partial charge in [-0.15, -0.1) is 0 Å². The molecule has 1 aliphatic heterocycles. The summed E-state index contributed by atoms with van der Waals surface area (Å²) in [7, 11) is 0. The lowest BCUT2D eigenvalue weighted by Crippen LogP contribution is -2.14. The van der Waals surface area contributed by atoms with Crippen LogP contribution in [0, 0.1) is 0 Å². The van der Waals surface area contributed by atoms with Gasteiger partial charge < -0.3 is 5.32 Å². The van der Waals surface area contributed by atoms with Crippen molar-refractivity contribution in [1.29, 1.82) is 0 Å².